The molecule has 0 N–H and O–H groups in total. The maximum absolute atomic E-state index is 13.0. The molecule has 142 valence electrons. The number of carbonyl (C=O) groups is 1. The molecule has 0 bridgehead atoms. The lowest BCUT2D eigenvalue weighted by Crippen LogP contribution is -2.44. The van der Waals surface area contributed by atoms with Gasteiger partial charge in [0.1, 0.15) is 0 Å². The molecule has 5 nitrogen and oxygen atoms in total. The van der Waals surface area contributed by atoms with Crippen molar-refractivity contribution in [1.29, 1.82) is 0 Å². The summed E-state index contributed by atoms with van der Waals surface area (Å²) in [4.78, 5) is 17.3. The van der Waals surface area contributed by atoms with E-state index in [1.54, 1.807) is 0 Å². The minimum atomic E-state index is -0.216. The fourth-order valence-electron chi connectivity index (χ4n) is 3.99. The minimum Gasteiger partial charge on any atom is -0.353 e. The van der Waals surface area contributed by atoms with Gasteiger partial charge < -0.3 is 9.80 Å². The molecule has 0 unspecified atom stereocenters. The van der Waals surface area contributed by atoms with Crippen LogP contribution >= 0.6 is 0 Å². The summed E-state index contributed by atoms with van der Waals surface area (Å²) in [6.07, 6.45) is 3.36. The van der Waals surface area contributed by atoms with Gasteiger partial charge in [-0.3, -0.25) is 4.79 Å². The first-order valence-electron chi connectivity index (χ1n) is 9.99. The first-order chi connectivity index (χ1) is 13.1. The number of hydrogen-bond donors (Lipinski definition) is 0. The van der Waals surface area contributed by atoms with Crippen LogP contribution in [0.4, 0.5) is 5.82 Å². The molecule has 1 amide bonds. The number of anilines is 1. The van der Waals surface area contributed by atoms with Crippen LogP contribution in [0.3, 0.4) is 0 Å². The van der Waals surface area contributed by atoms with Crippen molar-refractivity contribution in [1.82, 2.24) is 15.1 Å². The number of aromatic nitrogens is 2. The summed E-state index contributed by atoms with van der Waals surface area (Å²) in [5.74, 6) is 1.78. The van der Waals surface area contributed by atoms with Gasteiger partial charge in [-0.25, -0.2) is 0 Å². The Balaban J connectivity index is 1.41. The normalized spacial score (nSPS) is 18.3. The maximum Gasteiger partial charge on any atom is 0.228 e. The Morgan fingerprint density at radius 1 is 0.963 bits per heavy atom. The standard InChI is InChI=1S/C22H28N4O/c1-22(2,18-9-10-18)21(27)26-14-6-13-25(15-16-26)20-12-11-19(23-24-20)17-7-4-3-5-8-17/h3-5,7-8,11-12,18H,6,9-10,13-16H2,1-2H3. The van der Waals surface area contributed by atoms with Crippen LogP contribution < -0.4 is 4.90 Å². The van der Waals surface area contributed by atoms with Gasteiger partial charge in [-0.1, -0.05) is 44.2 Å². The van der Waals surface area contributed by atoms with Gasteiger partial charge in [0.2, 0.25) is 5.91 Å². The van der Waals surface area contributed by atoms with E-state index in [2.05, 4.69) is 33.8 Å². The Hall–Kier alpha value is -2.43. The lowest BCUT2D eigenvalue weighted by atomic mass is 9.85. The van der Waals surface area contributed by atoms with E-state index in [1.165, 1.54) is 12.8 Å². The smallest absolute Gasteiger partial charge is 0.228 e. The molecule has 2 aromatic rings. The fourth-order valence-corrected chi connectivity index (χ4v) is 3.99. The maximum atomic E-state index is 13.0. The molecule has 0 spiro atoms. The molecule has 1 saturated heterocycles. The third-order valence-corrected chi connectivity index (χ3v) is 5.98. The van der Waals surface area contributed by atoms with Crippen LogP contribution in [0.15, 0.2) is 42.5 Å². The van der Waals surface area contributed by atoms with E-state index in [-0.39, 0.29) is 5.41 Å². The minimum absolute atomic E-state index is 0.216. The molecule has 0 radical (unpaired) electrons. The number of rotatable bonds is 4. The van der Waals surface area contributed by atoms with Crippen LogP contribution in [0, 0.1) is 11.3 Å². The third-order valence-electron chi connectivity index (χ3n) is 5.98. The Morgan fingerprint density at radius 3 is 2.41 bits per heavy atom. The van der Waals surface area contributed by atoms with Crippen LogP contribution in [0.25, 0.3) is 11.3 Å². The summed E-state index contributed by atoms with van der Waals surface area (Å²) in [5, 5.41) is 8.86. The molecule has 27 heavy (non-hydrogen) atoms. The van der Waals surface area contributed by atoms with Crippen molar-refractivity contribution < 1.29 is 4.79 Å². The van der Waals surface area contributed by atoms with Crippen molar-refractivity contribution in [2.24, 2.45) is 11.3 Å². The monoisotopic (exact) mass is 364 g/mol. The van der Waals surface area contributed by atoms with Crippen LogP contribution in [0.1, 0.15) is 33.1 Å². The van der Waals surface area contributed by atoms with E-state index in [1.807, 2.05) is 42.5 Å². The molecule has 2 heterocycles. The van der Waals surface area contributed by atoms with Crippen LogP contribution in [-0.4, -0.2) is 47.2 Å². The summed E-state index contributed by atoms with van der Waals surface area (Å²) >= 11 is 0. The predicted octanol–water partition coefficient (Wildman–Crippen LogP) is 3.62. The second kappa shape index (κ2) is 7.29. The van der Waals surface area contributed by atoms with E-state index in [4.69, 9.17) is 0 Å². The van der Waals surface area contributed by atoms with Crippen molar-refractivity contribution >= 4 is 11.7 Å². The third kappa shape index (κ3) is 3.82. The number of carbonyl (C=O) groups excluding carboxylic acids is 1. The summed E-state index contributed by atoms with van der Waals surface area (Å²) < 4.78 is 0. The lowest BCUT2D eigenvalue weighted by Gasteiger charge is -2.31. The van der Waals surface area contributed by atoms with Gasteiger partial charge in [-0.05, 0) is 37.3 Å². The molecule has 1 aromatic carbocycles. The zero-order valence-electron chi connectivity index (χ0n) is 16.3. The van der Waals surface area contributed by atoms with Gasteiger partial charge in [0.05, 0.1) is 5.69 Å². The molecular formula is C22H28N4O. The zero-order chi connectivity index (χ0) is 18.9. The number of nitrogens with zero attached hydrogens (tertiary/aromatic N) is 4. The van der Waals surface area contributed by atoms with Gasteiger partial charge in [-0.2, -0.15) is 0 Å². The summed E-state index contributed by atoms with van der Waals surface area (Å²) in [6, 6.07) is 14.2. The first-order valence-corrected chi connectivity index (χ1v) is 9.99. The topological polar surface area (TPSA) is 49.3 Å². The van der Waals surface area contributed by atoms with Crippen molar-refractivity contribution in [3.05, 3.63) is 42.5 Å². The second-order valence-electron chi connectivity index (χ2n) is 8.27. The molecule has 1 aliphatic heterocycles. The summed E-state index contributed by atoms with van der Waals surface area (Å²) in [6.45, 7) is 7.55. The van der Waals surface area contributed by atoms with Gasteiger partial charge in [0, 0.05) is 37.2 Å². The quantitative estimate of drug-likeness (QED) is 0.831. The highest BCUT2D eigenvalue weighted by Gasteiger charge is 2.45. The van der Waals surface area contributed by atoms with E-state index in [0.29, 0.717) is 11.8 Å². The van der Waals surface area contributed by atoms with Crippen molar-refractivity contribution in [3.63, 3.8) is 0 Å². The van der Waals surface area contributed by atoms with E-state index < -0.39 is 0 Å². The Labute approximate surface area is 161 Å². The number of benzene rings is 1. The van der Waals surface area contributed by atoms with Crippen LogP contribution in [-0.2, 0) is 4.79 Å². The average molecular weight is 364 g/mol. The molecular weight excluding hydrogens is 336 g/mol. The molecule has 2 aliphatic rings. The number of hydrogen-bond acceptors (Lipinski definition) is 4. The van der Waals surface area contributed by atoms with Gasteiger partial charge in [-0.15, -0.1) is 10.2 Å². The predicted molar refractivity (Wildman–Crippen MR) is 107 cm³/mol. The van der Waals surface area contributed by atoms with Crippen molar-refractivity contribution in [3.8, 4) is 11.3 Å². The Kier molecular flexibility index (Phi) is 4.85. The van der Waals surface area contributed by atoms with Gasteiger partial charge in [0.15, 0.2) is 5.82 Å². The van der Waals surface area contributed by atoms with E-state index in [9.17, 15) is 4.79 Å². The zero-order valence-corrected chi connectivity index (χ0v) is 16.3. The molecule has 1 aliphatic carbocycles. The highest BCUT2D eigenvalue weighted by atomic mass is 16.2. The van der Waals surface area contributed by atoms with Crippen LogP contribution in [0.2, 0.25) is 0 Å². The number of amides is 1. The molecule has 1 saturated carbocycles. The van der Waals surface area contributed by atoms with E-state index >= 15 is 0 Å². The summed E-state index contributed by atoms with van der Waals surface area (Å²) in [7, 11) is 0. The van der Waals surface area contributed by atoms with Gasteiger partial charge >= 0.3 is 0 Å². The first kappa shape index (κ1) is 18.0. The van der Waals surface area contributed by atoms with Crippen molar-refractivity contribution in [2.75, 3.05) is 31.1 Å². The molecule has 2 fully saturated rings. The van der Waals surface area contributed by atoms with Gasteiger partial charge in [0.25, 0.3) is 0 Å². The second-order valence-corrected chi connectivity index (χ2v) is 8.27. The Morgan fingerprint density at radius 2 is 1.74 bits per heavy atom. The lowest BCUT2D eigenvalue weighted by molar-refractivity contribution is -0.141. The fraction of sp³-hybridized carbons (Fsp3) is 0.500. The van der Waals surface area contributed by atoms with Crippen molar-refractivity contribution in [2.45, 2.75) is 33.1 Å². The highest BCUT2D eigenvalue weighted by Crippen LogP contribution is 2.46. The molecule has 5 heteroatoms. The SMILES string of the molecule is CC(C)(C(=O)N1CCCN(c2ccc(-c3ccccc3)nn2)CC1)C1CC1. The molecule has 1 aromatic heterocycles. The highest BCUT2D eigenvalue weighted by molar-refractivity contribution is 5.82. The Bertz CT molecular complexity index is 784. The average Bonchev–Trinajstić information content (AvgIpc) is 3.55. The summed E-state index contributed by atoms with van der Waals surface area (Å²) in [5.41, 5.74) is 1.75. The molecule has 0 atom stereocenters. The van der Waals surface area contributed by atoms with Crippen LogP contribution in [0.5, 0.6) is 0 Å². The molecule has 4 rings (SSSR count). The largest absolute Gasteiger partial charge is 0.353 e. The van der Waals surface area contributed by atoms with E-state index in [0.717, 1.165) is 49.7 Å².